The highest BCUT2D eigenvalue weighted by Crippen LogP contribution is 2.28. The Balaban J connectivity index is 1.59. The van der Waals surface area contributed by atoms with Gasteiger partial charge in [0, 0.05) is 23.7 Å². The van der Waals surface area contributed by atoms with Gasteiger partial charge < -0.3 is 9.84 Å². The summed E-state index contributed by atoms with van der Waals surface area (Å²) in [7, 11) is 1.67. The molecule has 0 saturated carbocycles. The first-order valence-corrected chi connectivity index (χ1v) is 8.34. The van der Waals surface area contributed by atoms with Crippen LogP contribution in [0.3, 0.4) is 0 Å². The summed E-state index contributed by atoms with van der Waals surface area (Å²) < 4.78 is 5.39. The van der Waals surface area contributed by atoms with Crippen molar-refractivity contribution in [3.8, 4) is 11.5 Å². The van der Waals surface area contributed by atoms with E-state index in [1.54, 1.807) is 19.2 Å². The van der Waals surface area contributed by atoms with Gasteiger partial charge in [-0.3, -0.25) is 4.90 Å². The summed E-state index contributed by atoms with van der Waals surface area (Å²) in [4.78, 5) is 2.43. The van der Waals surface area contributed by atoms with Crippen LogP contribution in [0.25, 0.3) is 0 Å². The van der Waals surface area contributed by atoms with E-state index < -0.39 is 0 Å². The van der Waals surface area contributed by atoms with Crippen LogP contribution >= 0.6 is 11.6 Å². The molecule has 1 heterocycles. The molecule has 0 aromatic heterocycles. The van der Waals surface area contributed by atoms with Crippen LogP contribution in [0.1, 0.15) is 17.5 Å². The number of benzene rings is 2. The minimum Gasteiger partial charge on any atom is -0.508 e. The van der Waals surface area contributed by atoms with E-state index >= 15 is 0 Å². The van der Waals surface area contributed by atoms with Crippen molar-refractivity contribution >= 4 is 11.6 Å². The topological polar surface area (TPSA) is 32.7 Å². The maximum absolute atomic E-state index is 9.69. The second kappa shape index (κ2) is 7.24. The molecule has 3 rings (SSSR count). The molecule has 2 aromatic carbocycles. The van der Waals surface area contributed by atoms with E-state index in [-0.39, 0.29) is 5.75 Å². The third kappa shape index (κ3) is 4.18. The molecule has 1 aliphatic rings. The third-order valence-corrected chi connectivity index (χ3v) is 4.72. The minimum absolute atomic E-state index is 0.290. The number of hydrogen-bond donors (Lipinski definition) is 1. The van der Waals surface area contributed by atoms with Gasteiger partial charge in [-0.2, -0.15) is 0 Å². The van der Waals surface area contributed by atoms with Gasteiger partial charge in [0.1, 0.15) is 11.5 Å². The normalized spacial score (nSPS) is 18.3. The molecule has 0 spiro atoms. The van der Waals surface area contributed by atoms with Gasteiger partial charge in [-0.1, -0.05) is 23.7 Å². The first-order chi connectivity index (χ1) is 11.1. The fourth-order valence-corrected chi connectivity index (χ4v) is 3.43. The lowest BCUT2D eigenvalue weighted by molar-refractivity contribution is 0.307. The third-order valence-electron chi connectivity index (χ3n) is 4.47. The molecule has 122 valence electrons. The van der Waals surface area contributed by atoms with Crippen LogP contribution in [-0.2, 0) is 13.0 Å². The number of hydrogen-bond acceptors (Lipinski definition) is 3. The smallest absolute Gasteiger partial charge is 0.123 e. The fourth-order valence-electron chi connectivity index (χ4n) is 3.31. The SMILES string of the molecule is COc1ccc(O)cc1CN1CCC(Cc2ccc(Cl)cc2)C1. The molecule has 0 radical (unpaired) electrons. The Bertz CT molecular complexity index is 657. The van der Waals surface area contributed by atoms with Gasteiger partial charge in [0.25, 0.3) is 0 Å². The molecule has 0 aliphatic carbocycles. The minimum atomic E-state index is 0.290. The number of rotatable bonds is 5. The highest BCUT2D eigenvalue weighted by atomic mass is 35.5. The average molecular weight is 332 g/mol. The molecule has 4 heteroatoms. The maximum atomic E-state index is 9.69. The van der Waals surface area contributed by atoms with Crippen molar-refractivity contribution in [2.24, 2.45) is 5.92 Å². The Kier molecular flexibility index (Phi) is 5.09. The fraction of sp³-hybridized carbons (Fsp3) is 0.368. The molecular formula is C19H22ClNO2. The summed E-state index contributed by atoms with van der Waals surface area (Å²) in [5, 5.41) is 10.5. The average Bonchev–Trinajstić information content (AvgIpc) is 2.97. The van der Waals surface area contributed by atoms with Gasteiger partial charge in [-0.05, 0) is 61.2 Å². The summed E-state index contributed by atoms with van der Waals surface area (Å²) in [6.07, 6.45) is 2.29. The highest BCUT2D eigenvalue weighted by Gasteiger charge is 2.23. The molecule has 1 atom stereocenters. The van der Waals surface area contributed by atoms with Gasteiger partial charge in [-0.15, -0.1) is 0 Å². The molecule has 2 aromatic rings. The lowest BCUT2D eigenvalue weighted by atomic mass is 9.99. The Morgan fingerprint density at radius 1 is 1.22 bits per heavy atom. The molecule has 1 fully saturated rings. The number of methoxy groups -OCH3 is 1. The standard InChI is InChI=1S/C19H22ClNO2/c1-23-19-7-6-18(22)11-16(19)13-21-9-8-15(12-21)10-14-2-4-17(20)5-3-14/h2-7,11,15,22H,8-10,12-13H2,1H3. The second-order valence-corrected chi connectivity index (χ2v) is 6.65. The number of halogens is 1. The van der Waals surface area contributed by atoms with Crippen molar-refractivity contribution in [2.75, 3.05) is 20.2 Å². The van der Waals surface area contributed by atoms with Crippen molar-refractivity contribution < 1.29 is 9.84 Å². The summed E-state index contributed by atoms with van der Waals surface area (Å²) >= 11 is 5.94. The van der Waals surface area contributed by atoms with E-state index in [2.05, 4.69) is 17.0 Å². The molecular weight excluding hydrogens is 310 g/mol. The zero-order valence-corrected chi connectivity index (χ0v) is 14.1. The number of phenols is 1. The molecule has 1 aliphatic heterocycles. The zero-order chi connectivity index (χ0) is 16.2. The number of phenolic OH excluding ortho intramolecular Hbond substituents is 1. The van der Waals surface area contributed by atoms with Gasteiger partial charge in [0.05, 0.1) is 7.11 Å². The van der Waals surface area contributed by atoms with Crippen molar-refractivity contribution in [3.63, 3.8) is 0 Å². The van der Waals surface area contributed by atoms with Crippen LogP contribution in [0.15, 0.2) is 42.5 Å². The Labute approximate surface area is 142 Å². The maximum Gasteiger partial charge on any atom is 0.123 e. The molecule has 1 unspecified atom stereocenters. The lowest BCUT2D eigenvalue weighted by Crippen LogP contribution is -2.21. The van der Waals surface area contributed by atoms with Crippen LogP contribution in [0.4, 0.5) is 0 Å². The largest absolute Gasteiger partial charge is 0.508 e. The van der Waals surface area contributed by atoms with E-state index in [9.17, 15) is 5.11 Å². The van der Waals surface area contributed by atoms with Crippen molar-refractivity contribution in [2.45, 2.75) is 19.4 Å². The second-order valence-electron chi connectivity index (χ2n) is 6.22. The van der Waals surface area contributed by atoms with Crippen molar-refractivity contribution in [1.29, 1.82) is 0 Å². The van der Waals surface area contributed by atoms with Gasteiger partial charge in [0.15, 0.2) is 0 Å². The molecule has 3 nitrogen and oxygen atoms in total. The number of likely N-dealkylation sites (tertiary alicyclic amines) is 1. The van der Waals surface area contributed by atoms with Gasteiger partial charge in [0.2, 0.25) is 0 Å². The Hall–Kier alpha value is -1.71. The van der Waals surface area contributed by atoms with Gasteiger partial charge in [-0.25, -0.2) is 0 Å². The monoisotopic (exact) mass is 331 g/mol. The summed E-state index contributed by atoms with van der Waals surface area (Å²) in [6, 6.07) is 13.4. The summed E-state index contributed by atoms with van der Waals surface area (Å²) in [6.45, 7) is 2.97. The Morgan fingerprint density at radius 3 is 2.74 bits per heavy atom. The summed E-state index contributed by atoms with van der Waals surface area (Å²) in [5.74, 6) is 1.79. The van der Waals surface area contributed by atoms with Crippen molar-refractivity contribution in [1.82, 2.24) is 4.90 Å². The first kappa shape index (κ1) is 16.2. The molecule has 23 heavy (non-hydrogen) atoms. The van der Waals surface area contributed by atoms with E-state index in [4.69, 9.17) is 16.3 Å². The van der Waals surface area contributed by atoms with Crippen LogP contribution in [0.2, 0.25) is 5.02 Å². The van der Waals surface area contributed by atoms with E-state index in [0.29, 0.717) is 5.92 Å². The lowest BCUT2D eigenvalue weighted by Gasteiger charge is -2.18. The molecule has 0 bridgehead atoms. The number of aromatic hydroxyl groups is 1. The summed E-state index contributed by atoms with van der Waals surface area (Å²) in [5.41, 5.74) is 2.39. The predicted molar refractivity (Wildman–Crippen MR) is 93.2 cm³/mol. The van der Waals surface area contributed by atoms with E-state index in [1.165, 1.54) is 12.0 Å². The van der Waals surface area contributed by atoms with E-state index in [1.807, 2.05) is 18.2 Å². The number of ether oxygens (including phenoxy) is 1. The zero-order valence-electron chi connectivity index (χ0n) is 13.3. The van der Waals surface area contributed by atoms with Crippen molar-refractivity contribution in [3.05, 3.63) is 58.6 Å². The van der Waals surface area contributed by atoms with Crippen LogP contribution in [0.5, 0.6) is 11.5 Å². The molecule has 0 amide bonds. The van der Waals surface area contributed by atoms with Crippen LogP contribution < -0.4 is 4.74 Å². The molecule has 1 N–H and O–H groups in total. The molecule has 1 saturated heterocycles. The van der Waals surface area contributed by atoms with E-state index in [0.717, 1.165) is 42.4 Å². The number of nitrogens with zero attached hydrogens (tertiary/aromatic N) is 1. The first-order valence-electron chi connectivity index (χ1n) is 7.96. The Morgan fingerprint density at radius 2 is 2.00 bits per heavy atom. The highest BCUT2D eigenvalue weighted by molar-refractivity contribution is 6.30. The quantitative estimate of drug-likeness (QED) is 0.894. The van der Waals surface area contributed by atoms with Crippen LogP contribution in [0, 0.1) is 5.92 Å². The van der Waals surface area contributed by atoms with Crippen LogP contribution in [-0.4, -0.2) is 30.2 Å². The van der Waals surface area contributed by atoms with Gasteiger partial charge >= 0.3 is 0 Å². The predicted octanol–water partition coefficient (Wildman–Crippen LogP) is 4.12.